The number of nitrogens with two attached hydrogens (primary N) is 1. The monoisotopic (exact) mass is 288 g/mol. The number of fused-ring (bicyclic) bond motifs is 1. The van der Waals surface area contributed by atoms with Gasteiger partial charge in [-0.1, -0.05) is 18.2 Å². The van der Waals surface area contributed by atoms with Gasteiger partial charge in [-0.05, 0) is 69.6 Å². The predicted octanol–water partition coefficient (Wildman–Crippen LogP) is 3.26. The Morgan fingerprint density at radius 2 is 1.95 bits per heavy atom. The molecule has 2 rings (SSSR count). The highest BCUT2D eigenvalue weighted by Gasteiger charge is 2.16. The summed E-state index contributed by atoms with van der Waals surface area (Å²) < 4.78 is 0. The molecule has 21 heavy (non-hydrogen) atoms. The molecule has 0 spiro atoms. The summed E-state index contributed by atoms with van der Waals surface area (Å²) in [5.41, 5.74) is 9.78. The van der Waals surface area contributed by atoms with Gasteiger partial charge in [-0.25, -0.2) is 0 Å². The Morgan fingerprint density at radius 3 is 2.62 bits per heavy atom. The van der Waals surface area contributed by atoms with E-state index >= 15 is 0 Å². The quantitative estimate of drug-likeness (QED) is 0.873. The van der Waals surface area contributed by atoms with Gasteiger partial charge in [0.1, 0.15) is 0 Å². The van der Waals surface area contributed by atoms with Crippen LogP contribution in [0, 0.1) is 0 Å². The largest absolute Gasteiger partial charge is 0.350 e. The highest BCUT2D eigenvalue weighted by atomic mass is 16.1. The van der Waals surface area contributed by atoms with Crippen molar-refractivity contribution >= 4 is 5.91 Å². The highest BCUT2D eigenvalue weighted by Crippen LogP contribution is 2.24. The van der Waals surface area contributed by atoms with E-state index in [1.807, 2.05) is 13.8 Å². The Balaban J connectivity index is 1.94. The zero-order chi connectivity index (χ0) is 15.5. The Labute approximate surface area is 128 Å². The number of nitrogens with one attached hydrogen (secondary N) is 1. The standard InChI is InChI=1S/C18H28N2O/c1-13(20-17(21)10-11-18(2,3)19)15-9-8-14-6-4-5-7-16(14)12-15/h8-9,12-13H,4-7,10-11,19H2,1-3H3,(H,20,21). The van der Waals surface area contributed by atoms with Crippen molar-refractivity contribution in [3.63, 3.8) is 0 Å². The molecule has 1 aromatic carbocycles. The first-order chi connectivity index (χ1) is 9.85. The van der Waals surface area contributed by atoms with Crippen molar-refractivity contribution in [1.82, 2.24) is 5.32 Å². The van der Waals surface area contributed by atoms with E-state index < -0.39 is 0 Å². The minimum atomic E-state index is -0.285. The van der Waals surface area contributed by atoms with Gasteiger partial charge < -0.3 is 11.1 Å². The molecule has 116 valence electrons. The van der Waals surface area contributed by atoms with E-state index in [0.29, 0.717) is 12.8 Å². The van der Waals surface area contributed by atoms with Gasteiger partial charge in [-0.3, -0.25) is 4.79 Å². The molecular formula is C18H28N2O. The number of hydrogen-bond donors (Lipinski definition) is 2. The first-order valence-corrected chi connectivity index (χ1v) is 8.05. The molecule has 0 aliphatic heterocycles. The Bertz CT molecular complexity index is 502. The van der Waals surface area contributed by atoms with Crippen LogP contribution >= 0.6 is 0 Å². The topological polar surface area (TPSA) is 55.1 Å². The van der Waals surface area contributed by atoms with Crippen molar-refractivity contribution in [2.45, 2.75) is 70.9 Å². The van der Waals surface area contributed by atoms with E-state index in [1.54, 1.807) is 0 Å². The number of carbonyl (C=O) groups is 1. The van der Waals surface area contributed by atoms with Crippen LogP contribution in [0.4, 0.5) is 0 Å². The molecule has 1 unspecified atom stereocenters. The molecule has 1 aliphatic rings. The number of rotatable bonds is 5. The van der Waals surface area contributed by atoms with Crippen molar-refractivity contribution in [3.05, 3.63) is 34.9 Å². The summed E-state index contributed by atoms with van der Waals surface area (Å²) >= 11 is 0. The van der Waals surface area contributed by atoms with Crippen LogP contribution in [0.15, 0.2) is 18.2 Å². The summed E-state index contributed by atoms with van der Waals surface area (Å²) in [5.74, 6) is 0.0822. The van der Waals surface area contributed by atoms with Crippen LogP contribution in [-0.2, 0) is 17.6 Å². The second-order valence-corrected chi connectivity index (χ2v) is 7.01. The second-order valence-electron chi connectivity index (χ2n) is 7.01. The van der Waals surface area contributed by atoms with Gasteiger partial charge in [-0.2, -0.15) is 0 Å². The fourth-order valence-corrected chi connectivity index (χ4v) is 2.86. The maximum absolute atomic E-state index is 12.0. The van der Waals surface area contributed by atoms with Gasteiger partial charge in [0.05, 0.1) is 6.04 Å². The third kappa shape index (κ3) is 4.85. The van der Waals surface area contributed by atoms with E-state index in [1.165, 1.54) is 42.4 Å². The SMILES string of the molecule is CC(NC(=O)CCC(C)(C)N)c1ccc2c(c1)CCCC2. The molecule has 0 aromatic heterocycles. The zero-order valence-corrected chi connectivity index (χ0v) is 13.5. The Kier molecular flexibility index (Phi) is 5.04. The fraction of sp³-hybridized carbons (Fsp3) is 0.611. The molecule has 0 saturated carbocycles. The summed E-state index contributed by atoms with van der Waals surface area (Å²) in [5, 5.41) is 3.08. The maximum atomic E-state index is 12.0. The lowest BCUT2D eigenvalue weighted by atomic mass is 9.89. The van der Waals surface area contributed by atoms with Gasteiger partial charge in [0.2, 0.25) is 5.91 Å². The third-order valence-electron chi connectivity index (χ3n) is 4.25. The van der Waals surface area contributed by atoms with E-state index in [-0.39, 0.29) is 17.5 Å². The van der Waals surface area contributed by atoms with Gasteiger partial charge >= 0.3 is 0 Å². The smallest absolute Gasteiger partial charge is 0.220 e. The fourth-order valence-electron chi connectivity index (χ4n) is 2.86. The van der Waals surface area contributed by atoms with Crippen LogP contribution in [0.3, 0.4) is 0 Å². The van der Waals surface area contributed by atoms with Crippen molar-refractivity contribution in [3.8, 4) is 0 Å². The minimum Gasteiger partial charge on any atom is -0.350 e. The van der Waals surface area contributed by atoms with Crippen LogP contribution in [0.25, 0.3) is 0 Å². The van der Waals surface area contributed by atoms with Gasteiger partial charge in [0, 0.05) is 12.0 Å². The number of carbonyl (C=O) groups excluding carboxylic acids is 1. The molecule has 0 radical (unpaired) electrons. The molecule has 3 heteroatoms. The summed E-state index contributed by atoms with van der Waals surface area (Å²) in [6.45, 7) is 5.95. The van der Waals surface area contributed by atoms with Crippen molar-refractivity contribution < 1.29 is 4.79 Å². The molecule has 1 atom stereocenters. The first-order valence-electron chi connectivity index (χ1n) is 8.05. The van der Waals surface area contributed by atoms with Crippen LogP contribution in [-0.4, -0.2) is 11.4 Å². The van der Waals surface area contributed by atoms with Gasteiger partial charge in [0.15, 0.2) is 0 Å². The summed E-state index contributed by atoms with van der Waals surface area (Å²) in [4.78, 5) is 12.0. The average Bonchev–Trinajstić information content (AvgIpc) is 2.44. The summed E-state index contributed by atoms with van der Waals surface area (Å²) in [6.07, 6.45) is 6.14. The summed E-state index contributed by atoms with van der Waals surface area (Å²) in [6, 6.07) is 6.72. The number of aryl methyl sites for hydroxylation is 2. The van der Waals surface area contributed by atoms with Crippen molar-refractivity contribution in [2.24, 2.45) is 5.73 Å². The average molecular weight is 288 g/mol. The number of amides is 1. The van der Waals surface area contributed by atoms with Crippen LogP contribution in [0.1, 0.15) is 69.2 Å². The molecule has 1 aromatic rings. The molecule has 0 saturated heterocycles. The lowest BCUT2D eigenvalue weighted by molar-refractivity contribution is -0.122. The highest BCUT2D eigenvalue weighted by molar-refractivity contribution is 5.76. The summed E-state index contributed by atoms with van der Waals surface area (Å²) in [7, 11) is 0. The second kappa shape index (κ2) is 6.61. The zero-order valence-electron chi connectivity index (χ0n) is 13.5. The normalized spacial score (nSPS) is 16.2. The van der Waals surface area contributed by atoms with E-state index in [4.69, 9.17) is 5.73 Å². The number of benzene rings is 1. The minimum absolute atomic E-state index is 0.0608. The third-order valence-corrected chi connectivity index (χ3v) is 4.25. The molecule has 0 bridgehead atoms. The molecule has 0 fully saturated rings. The lowest BCUT2D eigenvalue weighted by Gasteiger charge is -2.21. The molecule has 0 heterocycles. The van der Waals surface area contributed by atoms with Gasteiger partial charge in [0.25, 0.3) is 0 Å². The Morgan fingerprint density at radius 1 is 1.29 bits per heavy atom. The molecule has 3 nitrogen and oxygen atoms in total. The molecule has 1 amide bonds. The molecule has 3 N–H and O–H groups in total. The predicted molar refractivity (Wildman–Crippen MR) is 87.1 cm³/mol. The first kappa shape index (κ1) is 16.0. The van der Waals surface area contributed by atoms with E-state index in [0.717, 1.165) is 0 Å². The van der Waals surface area contributed by atoms with Crippen molar-refractivity contribution in [2.75, 3.05) is 0 Å². The van der Waals surface area contributed by atoms with E-state index in [2.05, 4.69) is 30.4 Å². The van der Waals surface area contributed by atoms with Crippen LogP contribution in [0.5, 0.6) is 0 Å². The van der Waals surface area contributed by atoms with Gasteiger partial charge in [-0.15, -0.1) is 0 Å². The van der Waals surface area contributed by atoms with Crippen LogP contribution < -0.4 is 11.1 Å². The molecule has 1 aliphatic carbocycles. The van der Waals surface area contributed by atoms with E-state index in [9.17, 15) is 4.79 Å². The lowest BCUT2D eigenvalue weighted by Crippen LogP contribution is -2.35. The van der Waals surface area contributed by atoms with Crippen molar-refractivity contribution in [1.29, 1.82) is 0 Å². The Hall–Kier alpha value is -1.35. The maximum Gasteiger partial charge on any atom is 0.220 e. The number of hydrogen-bond acceptors (Lipinski definition) is 2. The molecular weight excluding hydrogens is 260 g/mol. The van der Waals surface area contributed by atoms with Crippen LogP contribution in [0.2, 0.25) is 0 Å².